The van der Waals surface area contributed by atoms with Crippen molar-refractivity contribution in [1.29, 1.82) is 0 Å². The van der Waals surface area contributed by atoms with Gasteiger partial charge in [-0.3, -0.25) is 0 Å². The minimum Gasteiger partial charge on any atom is -0.0984 e. The van der Waals surface area contributed by atoms with E-state index in [4.69, 9.17) is 0 Å². The molecule has 0 heteroatoms. The van der Waals surface area contributed by atoms with E-state index >= 15 is 0 Å². The summed E-state index contributed by atoms with van der Waals surface area (Å²) in [5.74, 6) is 0. The lowest BCUT2D eigenvalue weighted by atomic mass is 9.68. The van der Waals surface area contributed by atoms with Crippen LogP contribution in [0, 0.1) is 0 Å². The lowest BCUT2D eigenvalue weighted by Gasteiger charge is -2.32. The molecule has 0 amide bonds. The molecule has 0 saturated heterocycles. The number of allylic oxidation sites excluding steroid dienone is 1. The number of hydrogen-bond donors (Lipinski definition) is 0. The Labute approximate surface area is 391 Å². The van der Waals surface area contributed by atoms with Crippen LogP contribution in [0.3, 0.4) is 0 Å². The predicted molar refractivity (Wildman–Crippen MR) is 287 cm³/mol. The summed E-state index contributed by atoms with van der Waals surface area (Å²) in [6, 6.07) is 72.9. The first-order valence-corrected chi connectivity index (χ1v) is 23.6. The van der Waals surface area contributed by atoms with Crippen molar-refractivity contribution in [2.75, 3.05) is 0 Å². The minimum absolute atomic E-state index is 0.494. The largest absolute Gasteiger partial charge is 0.0984 e. The number of hydrogen-bond acceptors (Lipinski definition) is 0. The van der Waals surface area contributed by atoms with Gasteiger partial charge in [0.2, 0.25) is 0 Å². The zero-order valence-electron chi connectivity index (χ0n) is 37.1. The first-order valence-electron chi connectivity index (χ1n) is 23.6. The molecule has 0 aromatic heterocycles. The summed E-state index contributed by atoms with van der Waals surface area (Å²) in [7, 11) is 0. The van der Waals surface area contributed by atoms with Crippen LogP contribution in [0.25, 0.3) is 117 Å². The molecular weight excluding hydrogens is 805 g/mol. The standard InChI is InChI=1S/C67H44/c1-3-48-49(4-2)65-64-50-20-8-7-18-43(50)36-38-61(64)67(59-27-15-13-21-51(59)52-22-14-16-28-60(52)67)66(65)57-37-35-46(40-58(48)57)42-29-32-44(33-30-42)62-53-23-9-11-25-55(53)63(56-26-12-10-24-54(56)62)47-34-31-41-17-5-6-19-45(41)39-47/h3-6,8-17,19-40H,1-2,7,18H2. The molecule has 312 valence electrons. The van der Waals surface area contributed by atoms with Gasteiger partial charge < -0.3 is 0 Å². The molecule has 0 unspecified atom stereocenters. The fourth-order valence-corrected chi connectivity index (χ4v) is 12.7. The monoisotopic (exact) mass is 848 g/mol. The fourth-order valence-electron chi connectivity index (χ4n) is 12.7. The maximum absolute atomic E-state index is 4.54. The molecule has 0 radical (unpaired) electrons. The topological polar surface area (TPSA) is 0 Å². The van der Waals surface area contributed by atoms with Crippen molar-refractivity contribution in [3.63, 3.8) is 0 Å². The highest BCUT2D eigenvalue weighted by atomic mass is 14.5. The highest BCUT2D eigenvalue weighted by Gasteiger charge is 2.54. The van der Waals surface area contributed by atoms with Crippen LogP contribution >= 0.6 is 0 Å². The van der Waals surface area contributed by atoms with E-state index in [9.17, 15) is 0 Å². The van der Waals surface area contributed by atoms with Gasteiger partial charge in [-0.25, -0.2) is 0 Å². The van der Waals surface area contributed by atoms with Crippen molar-refractivity contribution in [3.05, 3.63) is 258 Å². The molecule has 0 heterocycles. The van der Waals surface area contributed by atoms with Gasteiger partial charge in [0.1, 0.15) is 0 Å². The summed E-state index contributed by atoms with van der Waals surface area (Å²) >= 11 is 0. The third-order valence-corrected chi connectivity index (χ3v) is 15.5. The summed E-state index contributed by atoms with van der Waals surface area (Å²) in [5, 5.41) is 10.00. The van der Waals surface area contributed by atoms with Crippen molar-refractivity contribution in [2.45, 2.75) is 18.3 Å². The number of benzene rings is 11. The molecule has 11 aromatic rings. The normalized spacial score (nSPS) is 13.7. The van der Waals surface area contributed by atoms with Crippen LogP contribution < -0.4 is 0 Å². The van der Waals surface area contributed by atoms with E-state index in [0.717, 1.165) is 24.0 Å². The predicted octanol–water partition coefficient (Wildman–Crippen LogP) is 17.9. The summed E-state index contributed by atoms with van der Waals surface area (Å²) in [6.07, 6.45) is 11.0. The molecule has 0 N–H and O–H groups in total. The Morgan fingerprint density at radius 3 is 1.63 bits per heavy atom. The number of fused-ring (bicyclic) bond motifs is 17. The number of aryl methyl sites for hydroxylation is 1. The molecule has 3 aliphatic rings. The fraction of sp³-hybridized carbons (Fsp3) is 0.0448. The van der Waals surface area contributed by atoms with Crippen LogP contribution in [-0.2, 0) is 11.8 Å². The SMILES string of the molecule is C=Cc1c2c(c3ccc(-c4ccc(-c5c6ccccc6c(-c6ccc7ccccc7c6)c6ccccc56)cc4)cc3c1C=C)C1(c3ccccc3-c3ccccc31)c1ccc3c(c1-2)C=CCC3. The molecule has 0 aliphatic heterocycles. The molecule has 14 rings (SSSR count). The average Bonchev–Trinajstić information content (AvgIpc) is 3.87. The molecule has 1 spiro atoms. The van der Waals surface area contributed by atoms with Crippen LogP contribution in [0.4, 0.5) is 0 Å². The van der Waals surface area contributed by atoms with E-state index in [1.807, 2.05) is 0 Å². The molecule has 0 atom stereocenters. The average molecular weight is 849 g/mol. The van der Waals surface area contributed by atoms with E-state index in [2.05, 4.69) is 232 Å². The Bertz CT molecular complexity index is 3900. The van der Waals surface area contributed by atoms with Gasteiger partial charge in [0.15, 0.2) is 0 Å². The smallest absolute Gasteiger partial charge is 0.0731 e. The van der Waals surface area contributed by atoms with Gasteiger partial charge in [0, 0.05) is 0 Å². The molecule has 0 bridgehead atoms. The summed E-state index contributed by atoms with van der Waals surface area (Å²) in [4.78, 5) is 0. The molecular formula is C67H44. The first kappa shape index (κ1) is 38.0. The van der Waals surface area contributed by atoms with Gasteiger partial charge in [-0.2, -0.15) is 0 Å². The minimum atomic E-state index is -0.494. The van der Waals surface area contributed by atoms with E-state index in [1.54, 1.807) is 0 Å². The quantitative estimate of drug-likeness (QED) is 0.151. The molecule has 0 fully saturated rings. The molecule has 67 heavy (non-hydrogen) atoms. The summed E-state index contributed by atoms with van der Waals surface area (Å²) < 4.78 is 0. The van der Waals surface area contributed by atoms with Crippen LogP contribution in [-0.4, -0.2) is 0 Å². The van der Waals surface area contributed by atoms with E-state index in [-0.39, 0.29) is 0 Å². The molecule has 0 nitrogen and oxygen atoms in total. The zero-order chi connectivity index (χ0) is 44.4. The Morgan fingerprint density at radius 2 is 0.955 bits per heavy atom. The summed E-state index contributed by atoms with van der Waals surface area (Å²) in [5.41, 5.74) is 22.6. The maximum atomic E-state index is 4.54. The third-order valence-electron chi connectivity index (χ3n) is 15.5. The Kier molecular flexibility index (Phi) is 8.13. The first-order chi connectivity index (χ1) is 33.2. The van der Waals surface area contributed by atoms with Crippen LogP contribution in [0.15, 0.2) is 213 Å². The second-order valence-electron chi connectivity index (χ2n) is 18.6. The van der Waals surface area contributed by atoms with E-state index in [1.165, 1.54) is 132 Å². The second-order valence-corrected chi connectivity index (χ2v) is 18.6. The third kappa shape index (κ3) is 5.13. The maximum Gasteiger partial charge on any atom is 0.0731 e. The highest BCUT2D eigenvalue weighted by molar-refractivity contribution is 6.22. The Morgan fingerprint density at radius 1 is 0.388 bits per heavy atom. The number of rotatable bonds is 5. The van der Waals surface area contributed by atoms with Gasteiger partial charge >= 0.3 is 0 Å². The molecule has 11 aromatic carbocycles. The van der Waals surface area contributed by atoms with Gasteiger partial charge in [0.25, 0.3) is 0 Å². The van der Waals surface area contributed by atoms with Crippen LogP contribution in [0.1, 0.15) is 50.9 Å². The van der Waals surface area contributed by atoms with Crippen molar-refractivity contribution in [2.24, 2.45) is 0 Å². The molecule has 3 aliphatic carbocycles. The van der Waals surface area contributed by atoms with Gasteiger partial charge in [-0.15, -0.1) is 0 Å². The lowest BCUT2D eigenvalue weighted by molar-refractivity contribution is 0.799. The zero-order valence-corrected chi connectivity index (χ0v) is 37.1. The highest BCUT2D eigenvalue weighted by Crippen LogP contribution is 2.66. The molecule has 0 saturated carbocycles. The lowest BCUT2D eigenvalue weighted by Crippen LogP contribution is -2.26. The van der Waals surface area contributed by atoms with E-state index in [0.29, 0.717) is 0 Å². The van der Waals surface area contributed by atoms with Gasteiger partial charge in [-0.1, -0.05) is 219 Å². The second kappa shape index (κ2) is 14.3. The van der Waals surface area contributed by atoms with Crippen molar-refractivity contribution in [3.8, 4) is 55.6 Å². The van der Waals surface area contributed by atoms with Crippen molar-refractivity contribution in [1.82, 2.24) is 0 Å². The Hall–Kier alpha value is -8.32. The van der Waals surface area contributed by atoms with Crippen molar-refractivity contribution >= 4 is 61.3 Å². The van der Waals surface area contributed by atoms with Crippen LogP contribution in [0.5, 0.6) is 0 Å². The van der Waals surface area contributed by atoms with Gasteiger partial charge in [0.05, 0.1) is 5.41 Å². The van der Waals surface area contributed by atoms with Gasteiger partial charge in [-0.05, 0) is 168 Å². The van der Waals surface area contributed by atoms with Crippen LogP contribution in [0.2, 0.25) is 0 Å². The Balaban J connectivity index is 0.974. The van der Waals surface area contributed by atoms with Crippen molar-refractivity contribution < 1.29 is 0 Å². The van der Waals surface area contributed by atoms with E-state index < -0.39 is 5.41 Å². The summed E-state index contributed by atoms with van der Waals surface area (Å²) in [6.45, 7) is 9.04.